The van der Waals surface area contributed by atoms with Gasteiger partial charge in [0.15, 0.2) is 6.61 Å². The topological polar surface area (TPSA) is 94.2 Å². The third kappa shape index (κ3) is 4.89. The van der Waals surface area contributed by atoms with Crippen LogP contribution in [0.3, 0.4) is 0 Å². The maximum absolute atomic E-state index is 12.4. The summed E-state index contributed by atoms with van der Waals surface area (Å²) in [5.41, 5.74) is 2.21. The molecule has 0 spiro atoms. The van der Waals surface area contributed by atoms with Crippen LogP contribution in [-0.4, -0.2) is 45.2 Å². The fourth-order valence-electron chi connectivity index (χ4n) is 3.25. The summed E-state index contributed by atoms with van der Waals surface area (Å²) in [6, 6.07) is 12.5. The lowest BCUT2D eigenvalue weighted by atomic mass is 10.1. The summed E-state index contributed by atoms with van der Waals surface area (Å²) in [7, 11) is 3.00. The second kappa shape index (κ2) is 9.30. The van der Waals surface area contributed by atoms with Crippen molar-refractivity contribution in [1.82, 2.24) is 0 Å². The molecule has 1 atom stereocenters. The molecule has 1 heterocycles. The number of carbonyl (C=O) groups excluding carboxylic acids is 3. The Balaban J connectivity index is 1.54. The van der Waals surface area contributed by atoms with Gasteiger partial charge in [-0.25, -0.2) is 0 Å². The van der Waals surface area contributed by atoms with Crippen molar-refractivity contribution in [2.24, 2.45) is 5.92 Å². The van der Waals surface area contributed by atoms with Gasteiger partial charge in [0, 0.05) is 24.7 Å². The molecule has 2 aromatic carbocycles. The lowest BCUT2D eigenvalue weighted by Crippen LogP contribution is -2.28. The summed E-state index contributed by atoms with van der Waals surface area (Å²) in [6.07, 6.45) is 0.0562. The molecule has 0 bridgehead atoms. The molecule has 8 nitrogen and oxygen atoms in total. The van der Waals surface area contributed by atoms with Crippen LogP contribution >= 0.6 is 0 Å². The summed E-state index contributed by atoms with van der Waals surface area (Å²) in [5.74, 6) is -0.831. The van der Waals surface area contributed by atoms with E-state index in [0.29, 0.717) is 17.2 Å². The highest BCUT2D eigenvalue weighted by Gasteiger charge is 2.36. The van der Waals surface area contributed by atoms with E-state index in [-0.39, 0.29) is 18.9 Å². The average Bonchev–Trinajstić information content (AvgIpc) is 3.14. The molecule has 0 aliphatic carbocycles. The van der Waals surface area contributed by atoms with Crippen LogP contribution < -0.4 is 19.7 Å². The highest BCUT2D eigenvalue weighted by atomic mass is 16.5. The molecule has 0 aromatic heterocycles. The van der Waals surface area contributed by atoms with Crippen LogP contribution in [0, 0.1) is 12.8 Å². The number of hydrogen-bond donors (Lipinski definition) is 1. The van der Waals surface area contributed by atoms with E-state index in [9.17, 15) is 14.4 Å². The number of anilines is 2. The van der Waals surface area contributed by atoms with Crippen molar-refractivity contribution in [2.75, 3.05) is 37.6 Å². The van der Waals surface area contributed by atoms with E-state index in [1.54, 1.807) is 23.1 Å². The van der Waals surface area contributed by atoms with E-state index in [2.05, 4.69) is 5.32 Å². The number of rotatable bonds is 7. The Morgan fingerprint density at radius 2 is 1.93 bits per heavy atom. The highest BCUT2D eigenvalue weighted by molar-refractivity contribution is 6.00. The third-order valence-electron chi connectivity index (χ3n) is 4.80. The van der Waals surface area contributed by atoms with Gasteiger partial charge >= 0.3 is 5.97 Å². The Labute approximate surface area is 174 Å². The van der Waals surface area contributed by atoms with Gasteiger partial charge in [0.1, 0.15) is 11.5 Å². The molecule has 3 rings (SSSR count). The maximum Gasteiger partial charge on any atom is 0.311 e. The SMILES string of the molecule is COc1ccc(NC(=O)COC(=O)[C@@H]2CC(=O)N(c3cccc(C)c3)C2)c(OC)c1. The quantitative estimate of drug-likeness (QED) is 0.703. The summed E-state index contributed by atoms with van der Waals surface area (Å²) in [5, 5.41) is 2.63. The van der Waals surface area contributed by atoms with Crippen LogP contribution in [0.25, 0.3) is 0 Å². The minimum Gasteiger partial charge on any atom is -0.497 e. The van der Waals surface area contributed by atoms with Crippen LogP contribution in [0.15, 0.2) is 42.5 Å². The molecule has 30 heavy (non-hydrogen) atoms. The number of benzene rings is 2. The molecule has 158 valence electrons. The fraction of sp³-hybridized carbons (Fsp3) is 0.318. The first kappa shape index (κ1) is 21.2. The normalized spacial score (nSPS) is 15.6. The molecular weight excluding hydrogens is 388 g/mol. The molecule has 8 heteroatoms. The fourth-order valence-corrected chi connectivity index (χ4v) is 3.25. The zero-order chi connectivity index (χ0) is 21.7. The van der Waals surface area contributed by atoms with E-state index < -0.39 is 24.4 Å². The summed E-state index contributed by atoms with van der Waals surface area (Å²) in [4.78, 5) is 38.5. The summed E-state index contributed by atoms with van der Waals surface area (Å²) < 4.78 is 15.5. The van der Waals surface area contributed by atoms with Gasteiger partial charge in [-0.05, 0) is 36.8 Å². The summed E-state index contributed by atoms with van der Waals surface area (Å²) in [6.45, 7) is 1.71. The van der Waals surface area contributed by atoms with E-state index in [4.69, 9.17) is 14.2 Å². The Morgan fingerprint density at radius 1 is 1.13 bits per heavy atom. The number of aryl methyl sites for hydroxylation is 1. The molecule has 1 aliphatic rings. The molecule has 0 saturated carbocycles. The Bertz CT molecular complexity index is 958. The minimum atomic E-state index is -0.610. The van der Waals surface area contributed by atoms with Gasteiger partial charge in [-0.3, -0.25) is 14.4 Å². The second-order valence-corrected chi connectivity index (χ2v) is 6.97. The molecule has 1 aliphatic heterocycles. The Kier molecular flexibility index (Phi) is 6.56. The zero-order valence-electron chi connectivity index (χ0n) is 17.1. The molecule has 1 saturated heterocycles. The van der Waals surface area contributed by atoms with Gasteiger partial charge < -0.3 is 24.4 Å². The van der Waals surface area contributed by atoms with Crippen molar-refractivity contribution >= 4 is 29.2 Å². The zero-order valence-corrected chi connectivity index (χ0v) is 17.1. The number of ether oxygens (including phenoxy) is 3. The van der Waals surface area contributed by atoms with Gasteiger partial charge in [-0.1, -0.05) is 12.1 Å². The molecule has 2 aromatic rings. The van der Waals surface area contributed by atoms with Gasteiger partial charge in [0.05, 0.1) is 25.8 Å². The first-order valence-corrected chi connectivity index (χ1v) is 9.47. The molecular formula is C22H24N2O6. The van der Waals surface area contributed by atoms with Crippen molar-refractivity contribution < 1.29 is 28.6 Å². The van der Waals surface area contributed by atoms with Crippen LogP contribution in [0.1, 0.15) is 12.0 Å². The van der Waals surface area contributed by atoms with Crippen LogP contribution in [-0.2, 0) is 19.1 Å². The van der Waals surface area contributed by atoms with Crippen LogP contribution in [0.5, 0.6) is 11.5 Å². The Hall–Kier alpha value is -3.55. The van der Waals surface area contributed by atoms with Gasteiger partial charge in [0.25, 0.3) is 5.91 Å². The first-order valence-electron chi connectivity index (χ1n) is 9.47. The monoisotopic (exact) mass is 412 g/mol. The number of hydrogen-bond acceptors (Lipinski definition) is 6. The highest BCUT2D eigenvalue weighted by Crippen LogP contribution is 2.29. The van der Waals surface area contributed by atoms with E-state index in [1.807, 2.05) is 31.2 Å². The number of nitrogens with one attached hydrogen (secondary N) is 1. The Morgan fingerprint density at radius 3 is 2.63 bits per heavy atom. The number of nitrogens with zero attached hydrogens (tertiary/aromatic N) is 1. The average molecular weight is 412 g/mol. The number of carbonyl (C=O) groups is 3. The summed E-state index contributed by atoms with van der Waals surface area (Å²) >= 11 is 0. The number of esters is 1. The minimum absolute atomic E-state index is 0.0562. The van der Waals surface area contributed by atoms with Crippen molar-refractivity contribution in [3.63, 3.8) is 0 Å². The van der Waals surface area contributed by atoms with Crippen molar-refractivity contribution in [1.29, 1.82) is 0 Å². The third-order valence-corrected chi connectivity index (χ3v) is 4.80. The lowest BCUT2D eigenvalue weighted by Gasteiger charge is -2.17. The molecule has 0 unspecified atom stereocenters. The van der Waals surface area contributed by atoms with Crippen molar-refractivity contribution in [3.8, 4) is 11.5 Å². The van der Waals surface area contributed by atoms with E-state index in [0.717, 1.165) is 11.3 Å². The number of amides is 2. The first-order chi connectivity index (χ1) is 14.4. The van der Waals surface area contributed by atoms with Gasteiger partial charge in [-0.15, -0.1) is 0 Å². The van der Waals surface area contributed by atoms with Crippen molar-refractivity contribution in [2.45, 2.75) is 13.3 Å². The maximum atomic E-state index is 12.4. The smallest absolute Gasteiger partial charge is 0.311 e. The predicted molar refractivity (Wildman–Crippen MR) is 111 cm³/mol. The van der Waals surface area contributed by atoms with E-state index in [1.165, 1.54) is 14.2 Å². The molecule has 1 fully saturated rings. The second-order valence-electron chi connectivity index (χ2n) is 6.97. The standard InChI is InChI=1S/C22H24N2O6/c1-14-5-4-6-16(9-14)24-12-15(10-21(24)26)22(27)30-13-20(25)23-18-8-7-17(28-2)11-19(18)29-3/h4-9,11,15H,10,12-13H2,1-3H3,(H,23,25)/t15-/m1/s1. The van der Waals surface area contributed by atoms with Crippen LogP contribution in [0.4, 0.5) is 11.4 Å². The predicted octanol–water partition coefficient (Wildman–Crippen LogP) is 2.55. The molecule has 0 radical (unpaired) electrons. The van der Waals surface area contributed by atoms with Crippen molar-refractivity contribution in [3.05, 3.63) is 48.0 Å². The lowest BCUT2D eigenvalue weighted by molar-refractivity contribution is -0.151. The molecule has 2 amide bonds. The van der Waals surface area contributed by atoms with E-state index >= 15 is 0 Å². The van der Waals surface area contributed by atoms with Gasteiger partial charge in [0.2, 0.25) is 5.91 Å². The van der Waals surface area contributed by atoms with Gasteiger partial charge in [-0.2, -0.15) is 0 Å². The van der Waals surface area contributed by atoms with Crippen LogP contribution in [0.2, 0.25) is 0 Å². The number of methoxy groups -OCH3 is 2. The molecule has 1 N–H and O–H groups in total. The largest absolute Gasteiger partial charge is 0.497 e.